The van der Waals surface area contributed by atoms with Crippen molar-refractivity contribution in [3.63, 3.8) is 0 Å². The molecule has 3 fully saturated rings. The highest BCUT2D eigenvalue weighted by Gasteiger charge is 2.41. The maximum atomic E-state index is 5.87. The molecule has 0 bridgehead atoms. The van der Waals surface area contributed by atoms with Gasteiger partial charge in [-0.05, 0) is 49.3 Å². The minimum atomic E-state index is 0.0654. The Morgan fingerprint density at radius 3 is 2.65 bits per heavy atom. The van der Waals surface area contributed by atoms with Gasteiger partial charge in [-0.15, -0.1) is 0 Å². The third kappa shape index (κ3) is 4.49. The van der Waals surface area contributed by atoms with Crippen LogP contribution in [0.5, 0.6) is 0 Å². The lowest BCUT2D eigenvalue weighted by Gasteiger charge is -2.34. The highest BCUT2D eigenvalue weighted by Crippen LogP contribution is 2.41. The summed E-state index contributed by atoms with van der Waals surface area (Å²) in [7, 11) is 0. The largest absolute Gasteiger partial charge is 0.379 e. The summed E-state index contributed by atoms with van der Waals surface area (Å²) >= 11 is 5.87. The Balaban J connectivity index is 1.44. The third-order valence-electron chi connectivity index (χ3n) is 7.04. The number of hydrogen-bond donors (Lipinski definition) is 1. The van der Waals surface area contributed by atoms with Crippen molar-refractivity contribution in [1.29, 1.82) is 0 Å². The Hall–Kier alpha value is -1.96. The lowest BCUT2D eigenvalue weighted by molar-refractivity contribution is 0.0349. The highest BCUT2D eigenvalue weighted by molar-refractivity contribution is 7.80. The first-order chi connectivity index (χ1) is 15.3. The molecular formula is C24H33N5OS. The minimum absolute atomic E-state index is 0.0654. The molecule has 3 aliphatic rings. The summed E-state index contributed by atoms with van der Waals surface area (Å²) in [6, 6.07) is 11.5. The van der Waals surface area contributed by atoms with E-state index in [0.717, 1.165) is 50.2 Å². The van der Waals surface area contributed by atoms with Crippen molar-refractivity contribution >= 4 is 17.3 Å². The van der Waals surface area contributed by atoms with E-state index in [1.54, 1.807) is 0 Å². The summed E-state index contributed by atoms with van der Waals surface area (Å²) < 4.78 is 8.06. The van der Waals surface area contributed by atoms with Crippen LogP contribution >= 0.6 is 12.2 Å². The van der Waals surface area contributed by atoms with Gasteiger partial charge in [0.1, 0.15) is 0 Å². The molecule has 0 spiro atoms. The van der Waals surface area contributed by atoms with Gasteiger partial charge in [-0.1, -0.05) is 25.3 Å². The molecule has 2 atom stereocenters. The normalized spacial score (nSPS) is 25.7. The highest BCUT2D eigenvalue weighted by atomic mass is 32.1. The van der Waals surface area contributed by atoms with Crippen LogP contribution in [0.25, 0.3) is 0 Å². The number of nitrogens with one attached hydrogen (secondary N) is 1. The molecule has 2 aliphatic heterocycles. The van der Waals surface area contributed by atoms with E-state index in [0.29, 0.717) is 6.04 Å². The van der Waals surface area contributed by atoms with E-state index in [1.165, 1.54) is 37.8 Å². The summed E-state index contributed by atoms with van der Waals surface area (Å²) in [6.45, 7) is 5.57. The zero-order valence-electron chi connectivity index (χ0n) is 18.2. The fourth-order valence-electron chi connectivity index (χ4n) is 5.39. The predicted octanol–water partition coefficient (Wildman–Crippen LogP) is 3.69. The Labute approximate surface area is 190 Å². The first-order valence-corrected chi connectivity index (χ1v) is 12.2. The van der Waals surface area contributed by atoms with Gasteiger partial charge in [-0.2, -0.15) is 0 Å². The lowest BCUT2D eigenvalue weighted by atomic mass is 9.94. The van der Waals surface area contributed by atoms with Crippen molar-refractivity contribution in [2.45, 2.75) is 50.2 Å². The molecule has 1 aliphatic carbocycles. The van der Waals surface area contributed by atoms with Crippen molar-refractivity contribution in [3.05, 3.63) is 54.1 Å². The van der Waals surface area contributed by atoms with E-state index in [1.807, 2.05) is 12.3 Å². The van der Waals surface area contributed by atoms with Gasteiger partial charge in [0.25, 0.3) is 0 Å². The molecule has 2 aromatic rings. The van der Waals surface area contributed by atoms with Crippen LogP contribution in [0.4, 0.5) is 0 Å². The van der Waals surface area contributed by atoms with E-state index >= 15 is 0 Å². The monoisotopic (exact) mass is 439 g/mol. The standard InChI is InChI=1S/C24H33N5OS/c31-24-26-22(20-9-4-5-11-25-20)23(29(24)14-13-27-15-17-30-18-16-27)21-10-6-12-28(21)19-7-2-1-3-8-19/h4-6,9-12,19,22-23H,1-3,7-8,13-18H2,(H,26,31)/t22-,23-/m1/s1. The summed E-state index contributed by atoms with van der Waals surface area (Å²) in [5.41, 5.74) is 2.41. The van der Waals surface area contributed by atoms with Crippen LogP contribution in [0.3, 0.4) is 0 Å². The van der Waals surface area contributed by atoms with Crippen molar-refractivity contribution in [2.24, 2.45) is 0 Å². The van der Waals surface area contributed by atoms with E-state index in [-0.39, 0.29) is 12.1 Å². The second kappa shape index (κ2) is 9.67. The van der Waals surface area contributed by atoms with E-state index in [4.69, 9.17) is 21.9 Å². The van der Waals surface area contributed by atoms with Gasteiger partial charge in [0, 0.05) is 50.3 Å². The fourth-order valence-corrected chi connectivity index (χ4v) is 5.72. The van der Waals surface area contributed by atoms with Gasteiger partial charge < -0.3 is 19.5 Å². The minimum Gasteiger partial charge on any atom is -0.379 e. The Kier molecular flexibility index (Phi) is 6.53. The fraction of sp³-hybridized carbons (Fsp3) is 0.583. The number of ether oxygens (including phenoxy) is 1. The van der Waals surface area contributed by atoms with Crippen LogP contribution in [0.15, 0.2) is 42.7 Å². The molecule has 31 heavy (non-hydrogen) atoms. The first-order valence-electron chi connectivity index (χ1n) is 11.8. The first kappa shape index (κ1) is 20.9. The average molecular weight is 440 g/mol. The predicted molar refractivity (Wildman–Crippen MR) is 126 cm³/mol. The van der Waals surface area contributed by atoms with Crippen molar-refractivity contribution in [2.75, 3.05) is 39.4 Å². The van der Waals surface area contributed by atoms with Crippen molar-refractivity contribution in [1.82, 2.24) is 24.7 Å². The molecule has 2 saturated heterocycles. The van der Waals surface area contributed by atoms with E-state index < -0.39 is 0 Å². The van der Waals surface area contributed by atoms with Crippen molar-refractivity contribution in [3.8, 4) is 0 Å². The SMILES string of the molecule is S=C1N[C@H](c2ccccn2)[C@@H](c2cccn2C2CCCCC2)N1CCN1CCOCC1. The average Bonchev–Trinajstić information content (AvgIpc) is 3.44. The Morgan fingerprint density at radius 1 is 1.03 bits per heavy atom. The quantitative estimate of drug-likeness (QED) is 0.693. The molecule has 0 amide bonds. The molecule has 7 heteroatoms. The second-order valence-corrected chi connectivity index (χ2v) is 9.29. The molecular weight excluding hydrogens is 406 g/mol. The summed E-state index contributed by atoms with van der Waals surface area (Å²) in [5, 5.41) is 4.45. The maximum Gasteiger partial charge on any atom is 0.170 e. The van der Waals surface area contributed by atoms with E-state index in [2.05, 4.69) is 50.1 Å². The molecule has 1 saturated carbocycles. The number of rotatable bonds is 6. The zero-order valence-corrected chi connectivity index (χ0v) is 19.0. The molecule has 2 aromatic heterocycles. The molecule has 5 rings (SSSR count). The molecule has 0 unspecified atom stereocenters. The molecule has 0 radical (unpaired) electrons. The van der Waals surface area contributed by atoms with Gasteiger partial charge in [-0.3, -0.25) is 9.88 Å². The van der Waals surface area contributed by atoms with Crippen LogP contribution in [0, 0.1) is 0 Å². The number of thiocarbonyl (C=S) groups is 1. The summed E-state index contributed by atoms with van der Waals surface area (Å²) in [6.07, 6.45) is 10.7. The Morgan fingerprint density at radius 2 is 1.87 bits per heavy atom. The molecule has 166 valence electrons. The van der Waals surface area contributed by atoms with Gasteiger partial charge in [0.15, 0.2) is 5.11 Å². The number of aromatic nitrogens is 2. The van der Waals surface area contributed by atoms with E-state index in [9.17, 15) is 0 Å². The van der Waals surface area contributed by atoms with Crippen LogP contribution < -0.4 is 5.32 Å². The zero-order chi connectivity index (χ0) is 21.0. The van der Waals surface area contributed by atoms with Gasteiger partial charge in [-0.25, -0.2) is 0 Å². The number of hydrogen-bond acceptors (Lipinski definition) is 4. The number of nitrogens with zero attached hydrogens (tertiary/aromatic N) is 4. The molecule has 4 heterocycles. The second-order valence-electron chi connectivity index (χ2n) is 8.91. The van der Waals surface area contributed by atoms with Crippen LogP contribution in [0.2, 0.25) is 0 Å². The Bertz CT molecular complexity index is 860. The van der Waals surface area contributed by atoms with Crippen LogP contribution in [-0.2, 0) is 4.74 Å². The van der Waals surface area contributed by atoms with Crippen LogP contribution in [0.1, 0.15) is 61.6 Å². The number of pyridine rings is 1. The molecule has 0 aromatic carbocycles. The van der Waals surface area contributed by atoms with Gasteiger partial charge in [0.05, 0.1) is 31.0 Å². The maximum absolute atomic E-state index is 5.87. The smallest absolute Gasteiger partial charge is 0.170 e. The van der Waals surface area contributed by atoms with Crippen LogP contribution in [-0.4, -0.2) is 63.9 Å². The summed E-state index contributed by atoms with van der Waals surface area (Å²) in [4.78, 5) is 9.58. The van der Waals surface area contributed by atoms with Crippen molar-refractivity contribution < 1.29 is 4.74 Å². The van der Waals surface area contributed by atoms with Gasteiger partial charge in [0.2, 0.25) is 0 Å². The summed E-state index contributed by atoms with van der Waals surface area (Å²) in [5.74, 6) is 0. The lowest BCUT2D eigenvalue weighted by Crippen LogP contribution is -2.43. The topological polar surface area (TPSA) is 45.6 Å². The molecule has 1 N–H and O–H groups in total. The van der Waals surface area contributed by atoms with Gasteiger partial charge >= 0.3 is 0 Å². The number of morpholine rings is 1. The molecule has 6 nitrogen and oxygen atoms in total. The third-order valence-corrected chi connectivity index (χ3v) is 7.39.